The van der Waals surface area contributed by atoms with Crippen molar-refractivity contribution in [2.45, 2.75) is 12.8 Å². The molecule has 0 spiro atoms. The Kier molecular flexibility index (Phi) is 3.69. The second-order valence-corrected chi connectivity index (χ2v) is 4.67. The molecular weight excluding hydrogens is 251 g/mol. The minimum atomic E-state index is -0.921. The van der Waals surface area contributed by atoms with E-state index in [1.165, 1.54) is 17.0 Å². The lowest BCUT2D eigenvalue weighted by atomic mass is 9.97. The van der Waals surface area contributed by atoms with Crippen LogP contribution in [0.15, 0.2) is 18.2 Å². The van der Waals surface area contributed by atoms with Crippen molar-refractivity contribution in [2.75, 3.05) is 18.8 Å². The van der Waals surface area contributed by atoms with E-state index in [2.05, 4.69) is 0 Å². The van der Waals surface area contributed by atoms with Crippen LogP contribution in [0.3, 0.4) is 0 Å². The maximum atomic E-state index is 13.7. The number of carboxylic acid groups (broad SMARTS) is 1. The molecule has 0 aromatic heterocycles. The summed E-state index contributed by atoms with van der Waals surface area (Å²) in [6, 6.07) is 3.87. The molecule has 0 bridgehead atoms. The molecule has 1 fully saturated rings. The Balaban J connectivity index is 2.17. The smallest absolute Gasteiger partial charge is 0.308 e. The molecule has 19 heavy (non-hydrogen) atoms. The van der Waals surface area contributed by atoms with Crippen LogP contribution >= 0.6 is 0 Å². The summed E-state index contributed by atoms with van der Waals surface area (Å²) in [4.78, 5) is 24.5. The number of halogens is 1. The van der Waals surface area contributed by atoms with E-state index in [0.717, 1.165) is 6.07 Å². The SMILES string of the molecule is Nc1ccc(C(=O)N2CCC[C@@H](C(=O)O)C2)c(F)c1. The summed E-state index contributed by atoms with van der Waals surface area (Å²) in [5.74, 6) is -2.66. The summed E-state index contributed by atoms with van der Waals surface area (Å²) < 4.78 is 13.7. The second-order valence-electron chi connectivity index (χ2n) is 4.67. The number of hydrogen-bond acceptors (Lipinski definition) is 3. The molecule has 1 atom stereocenters. The summed E-state index contributed by atoms with van der Waals surface area (Å²) in [6.45, 7) is 0.574. The number of nitrogens with zero attached hydrogens (tertiary/aromatic N) is 1. The number of nitrogens with two attached hydrogens (primary N) is 1. The summed E-state index contributed by atoms with van der Waals surface area (Å²) >= 11 is 0. The van der Waals surface area contributed by atoms with Gasteiger partial charge in [0.25, 0.3) is 5.91 Å². The van der Waals surface area contributed by atoms with Crippen LogP contribution in [0.4, 0.5) is 10.1 Å². The molecule has 1 aliphatic heterocycles. The van der Waals surface area contributed by atoms with E-state index in [4.69, 9.17) is 10.8 Å². The highest BCUT2D eigenvalue weighted by molar-refractivity contribution is 5.95. The van der Waals surface area contributed by atoms with E-state index in [1.807, 2.05) is 0 Å². The van der Waals surface area contributed by atoms with Crippen molar-refractivity contribution >= 4 is 17.6 Å². The molecule has 1 aliphatic rings. The number of anilines is 1. The largest absolute Gasteiger partial charge is 0.481 e. The molecule has 2 rings (SSSR count). The zero-order valence-corrected chi connectivity index (χ0v) is 10.3. The van der Waals surface area contributed by atoms with E-state index in [1.54, 1.807) is 0 Å². The normalized spacial score (nSPS) is 19.2. The van der Waals surface area contributed by atoms with Crippen molar-refractivity contribution in [3.63, 3.8) is 0 Å². The third-order valence-corrected chi connectivity index (χ3v) is 3.28. The standard InChI is InChI=1S/C13H15FN2O3/c14-11-6-9(15)3-4-10(11)12(17)16-5-1-2-8(7-16)13(18)19/h3-4,6,8H,1-2,5,7,15H2,(H,18,19)/t8-/m1/s1. The van der Waals surface area contributed by atoms with E-state index in [0.29, 0.717) is 19.4 Å². The highest BCUT2D eigenvalue weighted by atomic mass is 19.1. The number of carbonyl (C=O) groups excluding carboxylic acids is 1. The van der Waals surface area contributed by atoms with Gasteiger partial charge in [0.2, 0.25) is 0 Å². The van der Waals surface area contributed by atoms with Gasteiger partial charge in [-0.1, -0.05) is 0 Å². The monoisotopic (exact) mass is 266 g/mol. The lowest BCUT2D eigenvalue weighted by Crippen LogP contribution is -2.42. The molecule has 1 heterocycles. The third-order valence-electron chi connectivity index (χ3n) is 3.28. The zero-order chi connectivity index (χ0) is 14.0. The van der Waals surface area contributed by atoms with Gasteiger partial charge in [-0.3, -0.25) is 9.59 Å². The fourth-order valence-electron chi connectivity index (χ4n) is 2.24. The number of carboxylic acids is 1. The fraction of sp³-hybridized carbons (Fsp3) is 0.385. The molecule has 1 aromatic rings. The molecule has 1 saturated heterocycles. The van der Waals surface area contributed by atoms with Crippen molar-refractivity contribution in [1.82, 2.24) is 4.90 Å². The predicted octanol–water partition coefficient (Wildman–Crippen LogP) is 1.34. The van der Waals surface area contributed by atoms with Crippen molar-refractivity contribution in [3.05, 3.63) is 29.6 Å². The van der Waals surface area contributed by atoms with Crippen LogP contribution in [-0.2, 0) is 4.79 Å². The molecule has 0 saturated carbocycles. The van der Waals surface area contributed by atoms with Gasteiger partial charge in [0.05, 0.1) is 11.5 Å². The fourth-order valence-corrected chi connectivity index (χ4v) is 2.24. The molecule has 1 aromatic carbocycles. The van der Waals surface area contributed by atoms with Gasteiger partial charge in [0.1, 0.15) is 5.82 Å². The van der Waals surface area contributed by atoms with Crippen molar-refractivity contribution in [2.24, 2.45) is 5.92 Å². The maximum Gasteiger partial charge on any atom is 0.308 e. The molecular formula is C13H15FN2O3. The van der Waals surface area contributed by atoms with Crippen LogP contribution in [0.25, 0.3) is 0 Å². The minimum Gasteiger partial charge on any atom is -0.481 e. The summed E-state index contributed by atoms with van der Waals surface area (Å²) in [5.41, 5.74) is 5.60. The Morgan fingerprint density at radius 1 is 1.42 bits per heavy atom. The topological polar surface area (TPSA) is 83.6 Å². The summed E-state index contributed by atoms with van der Waals surface area (Å²) in [7, 11) is 0. The Labute approximate surface area is 109 Å². The van der Waals surface area contributed by atoms with Crippen LogP contribution in [0, 0.1) is 11.7 Å². The van der Waals surface area contributed by atoms with Crippen molar-refractivity contribution < 1.29 is 19.1 Å². The first-order chi connectivity index (χ1) is 8.99. The first-order valence-corrected chi connectivity index (χ1v) is 6.06. The first kappa shape index (κ1) is 13.3. The van der Waals surface area contributed by atoms with E-state index >= 15 is 0 Å². The molecule has 1 amide bonds. The molecule has 102 valence electrons. The number of amides is 1. The van der Waals surface area contributed by atoms with Crippen molar-refractivity contribution in [1.29, 1.82) is 0 Å². The first-order valence-electron chi connectivity index (χ1n) is 6.06. The van der Waals surface area contributed by atoms with Crippen LogP contribution in [-0.4, -0.2) is 35.0 Å². The number of hydrogen-bond donors (Lipinski definition) is 2. The van der Waals surface area contributed by atoms with Gasteiger partial charge in [-0.05, 0) is 31.0 Å². The Morgan fingerprint density at radius 3 is 2.79 bits per heavy atom. The lowest BCUT2D eigenvalue weighted by molar-refractivity contribution is -0.143. The number of benzene rings is 1. The number of aliphatic carboxylic acids is 1. The van der Waals surface area contributed by atoms with E-state index < -0.39 is 23.6 Å². The van der Waals surface area contributed by atoms with Gasteiger partial charge >= 0.3 is 5.97 Å². The number of rotatable bonds is 2. The summed E-state index contributed by atoms with van der Waals surface area (Å²) in [5, 5.41) is 8.97. The summed E-state index contributed by atoms with van der Waals surface area (Å²) in [6.07, 6.45) is 1.16. The number of carbonyl (C=O) groups is 2. The Bertz CT molecular complexity index is 519. The van der Waals surface area contributed by atoms with Gasteiger partial charge in [-0.2, -0.15) is 0 Å². The van der Waals surface area contributed by atoms with Crippen molar-refractivity contribution in [3.8, 4) is 0 Å². The van der Waals surface area contributed by atoms with Gasteiger partial charge in [0, 0.05) is 18.8 Å². The van der Waals surface area contributed by atoms with Gasteiger partial charge in [0.15, 0.2) is 0 Å². The lowest BCUT2D eigenvalue weighted by Gasteiger charge is -2.30. The van der Waals surface area contributed by atoms with Crippen LogP contribution in [0.1, 0.15) is 23.2 Å². The van der Waals surface area contributed by atoms with Crippen LogP contribution < -0.4 is 5.73 Å². The van der Waals surface area contributed by atoms with Gasteiger partial charge in [-0.15, -0.1) is 0 Å². The van der Waals surface area contributed by atoms with E-state index in [-0.39, 0.29) is 17.8 Å². The third kappa shape index (κ3) is 2.83. The average Bonchev–Trinajstić information content (AvgIpc) is 2.38. The second kappa shape index (κ2) is 5.26. The minimum absolute atomic E-state index is 0.0692. The maximum absolute atomic E-state index is 13.7. The number of nitrogen functional groups attached to an aromatic ring is 1. The molecule has 3 N–H and O–H groups in total. The predicted molar refractivity (Wildman–Crippen MR) is 67.1 cm³/mol. The Morgan fingerprint density at radius 2 is 2.16 bits per heavy atom. The van der Waals surface area contributed by atoms with Crippen LogP contribution in [0.2, 0.25) is 0 Å². The average molecular weight is 266 g/mol. The molecule has 0 aliphatic carbocycles. The molecule has 0 radical (unpaired) electrons. The Hall–Kier alpha value is -2.11. The van der Waals surface area contributed by atoms with Gasteiger partial charge < -0.3 is 15.7 Å². The number of likely N-dealkylation sites (tertiary alicyclic amines) is 1. The highest BCUT2D eigenvalue weighted by Gasteiger charge is 2.29. The molecule has 5 nitrogen and oxygen atoms in total. The van der Waals surface area contributed by atoms with Crippen LogP contribution in [0.5, 0.6) is 0 Å². The van der Waals surface area contributed by atoms with E-state index in [9.17, 15) is 14.0 Å². The zero-order valence-electron chi connectivity index (χ0n) is 10.3. The quantitative estimate of drug-likeness (QED) is 0.791. The number of piperidine rings is 1. The van der Waals surface area contributed by atoms with Gasteiger partial charge in [-0.25, -0.2) is 4.39 Å². The molecule has 0 unspecified atom stereocenters. The highest BCUT2D eigenvalue weighted by Crippen LogP contribution is 2.20. The molecule has 6 heteroatoms.